The summed E-state index contributed by atoms with van der Waals surface area (Å²) in [6, 6.07) is 17.9. The summed E-state index contributed by atoms with van der Waals surface area (Å²) < 4.78 is 1.60. The van der Waals surface area contributed by atoms with Gasteiger partial charge in [-0.1, -0.05) is 41.6 Å². The molecule has 0 atom stereocenters. The molecule has 3 rings (SSSR count). The zero-order valence-electron chi connectivity index (χ0n) is 15.1. The van der Waals surface area contributed by atoms with Crippen molar-refractivity contribution in [3.05, 3.63) is 72.1 Å². The first kappa shape index (κ1) is 17.7. The normalized spacial score (nSPS) is 10.5. The maximum Gasteiger partial charge on any atom is 0.273 e. The molecule has 0 saturated carbocycles. The van der Waals surface area contributed by atoms with E-state index in [4.69, 9.17) is 0 Å². The van der Waals surface area contributed by atoms with E-state index in [1.807, 2.05) is 42.5 Å². The second-order valence-corrected chi connectivity index (χ2v) is 6.01. The maximum atomic E-state index is 12.3. The van der Waals surface area contributed by atoms with Gasteiger partial charge < -0.3 is 10.2 Å². The van der Waals surface area contributed by atoms with Crippen molar-refractivity contribution in [2.75, 3.05) is 24.5 Å². The first-order valence-electron chi connectivity index (χ1n) is 8.75. The number of para-hydroxylation sites is 2. The molecule has 1 N–H and O–H groups in total. The Balaban J connectivity index is 1.57. The third-order valence-electron chi connectivity index (χ3n) is 4.25. The van der Waals surface area contributed by atoms with E-state index in [9.17, 15) is 4.79 Å². The summed E-state index contributed by atoms with van der Waals surface area (Å²) in [5.74, 6) is -0.215. The number of nitrogens with zero attached hydrogens (tertiary/aromatic N) is 4. The van der Waals surface area contributed by atoms with Crippen molar-refractivity contribution >= 4 is 11.6 Å². The molecule has 0 saturated heterocycles. The van der Waals surface area contributed by atoms with E-state index < -0.39 is 0 Å². The van der Waals surface area contributed by atoms with E-state index in [1.165, 1.54) is 11.3 Å². The standard InChI is InChI=1S/C20H23N5O/c1-3-24(19-12-8-7-9-16(19)2)14-13-21-20(26)18-15-25(23-22-18)17-10-5-4-6-11-17/h4-12,15H,3,13-14H2,1-2H3,(H,21,26). The van der Waals surface area contributed by atoms with Crippen molar-refractivity contribution in [3.8, 4) is 5.69 Å². The van der Waals surface area contributed by atoms with Crippen LogP contribution in [0, 0.1) is 6.92 Å². The number of hydrogen-bond donors (Lipinski definition) is 1. The van der Waals surface area contributed by atoms with Crippen LogP contribution in [0.1, 0.15) is 23.0 Å². The summed E-state index contributed by atoms with van der Waals surface area (Å²) in [6.07, 6.45) is 1.64. The van der Waals surface area contributed by atoms with Crippen LogP contribution in [0.4, 0.5) is 5.69 Å². The van der Waals surface area contributed by atoms with E-state index in [-0.39, 0.29) is 5.91 Å². The lowest BCUT2D eigenvalue weighted by Gasteiger charge is -2.24. The molecule has 0 radical (unpaired) electrons. The zero-order valence-corrected chi connectivity index (χ0v) is 15.1. The molecule has 2 aromatic carbocycles. The van der Waals surface area contributed by atoms with Gasteiger partial charge in [-0.3, -0.25) is 4.79 Å². The molecule has 1 aromatic heterocycles. The number of likely N-dealkylation sites (N-methyl/N-ethyl adjacent to an activating group) is 1. The third kappa shape index (κ3) is 4.08. The number of hydrogen-bond acceptors (Lipinski definition) is 4. The fourth-order valence-corrected chi connectivity index (χ4v) is 2.84. The number of carbonyl (C=O) groups excluding carboxylic acids is 1. The molecule has 3 aromatic rings. The first-order chi connectivity index (χ1) is 12.7. The Bertz CT molecular complexity index is 859. The lowest BCUT2D eigenvalue weighted by molar-refractivity contribution is 0.0949. The van der Waals surface area contributed by atoms with E-state index in [0.29, 0.717) is 12.2 Å². The predicted molar refractivity (Wildman–Crippen MR) is 103 cm³/mol. The van der Waals surface area contributed by atoms with E-state index in [0.717, 1.165) is 18.8 Å². The highest BCUT2D eigenvalue weighted by atomic mass is 16.2. The van der Waals surface area contributed by atoms with Crippen LogP contribution in [0.15, 0.2) is 60.8 Å². The molecule has 26 heavy (non-hydrogen) atoms. The molecular formula is C20H23N5O. The molecule has 134 valence electrons. The monoisotopic (exact) mass is 349 g/mol. The van der Waals surface area contributed by atoms with Crippen LogP contribution in [0.2, 0.25) is 0 Å². The van der Waals surface area contributed by atoms with Gasteiger partial charge in [0.1, 0.15) is 0 Å². The van der Waals surface area contributed by atoms with E-state index in [2.05, 4.69) is 46.5 Å². The molecule has 1 amide bonds. The van der Waals surface area contributed by atoms with Crippen molar-refractivity contribution in [1.29, 1.82) is 0 Å². The van der Waals surface area contributed by atoms with Crippen LogP contribution in [-0.4, -0.2) is 40.5 Å². The number of amides is 1. The molecule has 0 aliphatic rings. The fraction of sp³-hybridized carbons (Fsp3) is 0.250. The van der Waals surface area contributed by atoms with Crippen molar-refractivity contribution in [3.63, 3.8) is 0 Å². The Kier molecular flexibility index (Phi) is 5.63. The first-order valence-corrected chi connectivity index (χ1v) is 8.75. The highest BCUT2D eigenvalue weighted by Gasteiger charge is 2.12. The minimum atomic E-state index is -0.215. The minimum Gasteiger partial charge on any atom is -0.370 e. The molecule has 0 aliphatic carbocycles. The molecule has 0 fully saturated rings. The van der Waals surface area contributed by atoms with Crippen molar-refractivity contribution in [1.82, 2.24) is 20.3 Å². The molecular weight excluding hydrogens is 326 g/mol. The second kappa shape index (κ2) is 8.29. The molecule has 6 nitrogen and oxygen atoms in total. The lowest BCUT2D eigenvalue weighted by atomic mass is 10.2. The van der Waals surface area contributed by atoms with Gasteiger partial charge in [0.15, 0.2) is 5.69 Å². The molecule has 0 bridgehead atoms. The van der Waals surface area contributed by atoms with Crippen LogP contribution in [0.25, 0.3) is 5.69 Å². The Morgan fingerprint density at radius 3 is 2.58 bits per heavy atom. The topological polar surface area (TPSA) is 63.1 Å². The SMILES string of the molecule is CCN(CCNC(=O)c1cn(-c2ccccc2)nn1)c1ccccc1C. The van der Waals surface area contributed by atoms with Crippen LogP contribution >= 0.6 is 0 Å². The second-order valence-electron chi connectivity index (χ2n) is 6.01. The predicted octanol–water partition coefficient (Wildman–Crippen LogP) is 2.83. The van der Waals surface area contributed by atoms with Crippen molar-refractivity contribution < 1.29 is 4.79 Å². The largest absolute Gasteiger partial charge is 0.370 e. The van der Waals surface area contributed by atoms with Crippen molar-refractivity contribution in [2.45, 2.75) is 13.8 Å². The molecule has 0 aliphatic heterocycles. The number of aryl methyl sites for hydroxylation is 1. The Hall–Kier alpha value is -3.15. The number of carbonyl (C=O) groups is 1. The molecule has 0 unspecified atom stereocenters. The third-order valence-corrected chi connectivity index (χ3v) is 4.25. The number of anilines is 1. The number of nitrogens with one attached hydrogen (secondary N) is 1. The summed E-state index contributed by atoms with van der Waals surface area (Å²) in [4.78, 5) is 14.6. The lowest BCUT2D eigenvalue weighted by Crippen LogP contribution is -2.35. The maximum absolute atomic E-state index is 12.3. The smallest absolute Gasteiger partial charge is 0.273 e. The number of rotatable bonds is 7. The van der Waals surface area contributed by atoms with Crippen LogP contribution in [0.5, 0.6) is 0 Å². The quantitative estimate of drug-likeness (QED) is 0.712. The summed E-state index contributed by atoms with van der Waals surface area (Å²) in [5, 5.41) is 10.9. The number of aromatic nitrogens is 3. The summed E-state index contributed by atoms with van der Waals surface area (Å²) in [5.41, 5.74) is 3.61. The number of benzene rings is 2. The fourth-order valence-electron chi connectivity index (χ4n) is 2.84. The molecule has 0 spiro atoms. The summed E-state index contributed by atoms with van der Waals surface area (Å²) >= 11 is 0. The van der Waals surface area contributed by atoms with Gasteiger partial charge in [0.05, 0.1) is 11.9 Å². The van der Waals surface area contributed by atoms with Crippen LogP contribution in [0.3, 0.4) is 0 Å². The summed E-state index contributed by atoms with van der Waals surface area (Å²) in [6.45, 7) is 6.36. The zero-order chi connectivity index (χ0) is 18.4. The van der Waals surface area contributed by atoms with E-state index in [1.54, 1.807) is 10.9 Å². The highest BCUT2D eigenvalue weighted by molar-refractivity contribution is 5.91. The Morgan fingerprint density at radius 2 is 1.85 bits per heavy atom. The van der Waals surface area contributed by atoms with Gasteiger partial charge in [-0.05, 0) is 37.6 Å². The van der Waals surface area contributed by atoms with E-state index >= 15 is 0 Å². The minimum absolute atomic E-state index is 0.215. The van der Waals surface area contributed by atoms with Crippen LogP contribution < -0.4 is 10.2 Å². The van der Waals surface area contributed by atoms with Gasteiger partial charge in [-0.2, -0.15) is 0 Å². The summed E-state index contributed by atoms with van der Waals surface area (Å²) in [7, 11) is 0. The van der Waals surface area contributed by atoms with Gasteiger partial charge >= 0.3 is 0 Å². The van der Waals surface area contributed by atoms with Gasteiger partial charge in [0.25, 0.3) is 5.91 Å². The average Bonchev–Trinajstić information content (AvgIpc) is 3.17. The highest BCUT2D eigenvalue weighted by Crippen LogP contribution is 2.18. The molecule has 6 heteroatoms. The molecule has 1 heterocycles. The van der Waals surface area contributed by atoms with Crippen molar-refractivity contribution in [2.24, 2.45) is 0 Å². The Morgan fingerprint density at radius 1 is 1.12 bits per heavy atom. The van der Waals surface area contributed by atoms with Gasteiger partial charge in [0, 0.05) is 25.3 Å². The Labute approximate surface area is 153 Å². The van der Waals surface area contributed by atoms with Gasteiger partial charge in [-0.25, -0.2) is 4.68 Å². The average molecular weight is 349 g/mol. The van der Waals surface area contributed by atoms with Gasteiger partial charge in [0.2, 0.25) is 0 Å². The van der Waals surface area contributed by atoms with Crippen LogP contribution in [-0.2, 0) is 0 Å². The van der Waals surface area contributed by atoms with Gasteiger partial charge in [-0.15, -0.1) is 5.10 Å².